The van der Waals surface area contributed by atoms with Crippen LogP contribution in [-0.4, -0.2) is 23.0 Å². The number of hydrogen-bond donors (Lipinski definition) is 1. The predicted molar refractivity (Wildman–Crippen MR) is 137 cm³/mol. The minimum absolute atomic E-state index is 0.0989. The van der Waals surface area contributed by atoms with E-state index >= 15 is 0 Å². The number of aliphatic carboxylic acids is 1. The lowest BCUT2D eigenvalue weighted by molar-refractivity contribution is -0.183. The number of ether oxygens (including phenoxy) is 1. The molecule has 1 unspecified atom stereocenters. The van der Waals surface area contributed by atoms with Crippen LogP contribution in [0.25, 0.3) is 0 Å². The summed E-state index contributed by atoms with van der Waals surface area (Å²) in [5.41, 5.74) is 0.0470. The summed E-state index contributed by atoms with van der Waals surface area (Å²) in [6, 6.07) is 7.13. The number of benzene rings is 2. The molecule has 1 atom stereocenters. The van der Waals surface area contributed by atoms with Crippen molar-refractivity contribution in [2.45, 2.75) is 12.0 Å². The molecule has 0 aliphatic rings. The van der Waals surface area contributed by atoms with Gasteiger partial charge < -0.3 is 9.84 Å². The van der Waals surface area contributed by atoms with Crippen molar-refractivity contribution in [1.82, 2.24) is 0 Å². The van der Waals surface area contributed by atoms with E-state index in [1.165, 1.54) is 24.3 Å². The Bertz CT molecular complexity index is 876. The Labute approximate surface area is 221 Å². The van der Waals surface area contributed by atoms with Gasteiger partial charge >= 0.3 is 17.9 Å². The average Bonchev–Trinajstić information content (AvgIpc) is 2.63. The number of carboxylic acid groups (broad SMARTS) is 1. The number of carbonyl (C=O) groups excluding carboxylic acids is 1. The number of carbonyl (C=O) groups is 2. The average molecular weight is 936 g/mol. The van der Waals surface area contributed by atoms with Gasteiger partial charge in [0.05, 0.1) is 5.56 Å². The van der Waals surface area contributed by atoms with Gasteiger partial charge in [-0.1, -0.05) is 30.3 Å². The predicted octanol–water partition coefficient (Wildman–Crippen LogP) is 6.33. The van der Waals surface area contributed by atoms with Crippen LogP contribution in [0.4, 0.5) is 8.78 Å². The Kier molecular flexibility index (Phi) is 8.77. The molecule has 0 saturated heterocycles. The van der Waals surface area contributed by atoms with Gasteiger partial charge in [-0.25, -0.2) is 9.59 Å². The first-order chi connectivity index (χ1) is 12.5. The van der Waals surface area contributed by atoms with Crippen molar-refractivity contribution < 1.29 is 28.2 Å². The maximum absolute atomic E-state index is 14.3. The quantitative estimate of drug-likeness (QED) is 0.165. The van der Waals surface area contributed by atoms with E-state index in [-0.39, 0.29) is 11.1 Å². The van der Waals surface area contributed by atoms with Crippen molar-refractivity contribution in [2.75, 3.05) is 0 Å². The zero-order valence-electron chi connectivity index (χ0n) is 12.8. The monoisotopic (exact) mass is 936 g/mol. The molecule has 0 bridgehead atoms. The Morgan fingerprint density at radius 3 is 1.78 bits per heavy atom. The van der Waals surface area contributed by atoms with E-state index in [4.69, 9.17) is 9.84 Å². The van der Waals surface area contributed by atoms with Crippen LogP contribution in [0.1, 0.15) is 22.0 Å². The lowest BCUT2D eigenvalue weighted by Gasteiger charge is -2.24. The van der Waals surface area contributed by atoms with Crippen LogP contribution in [0.15, 0.2) is 30.3 Å². The number of carboxylic acids is 1. The molecule has 0 heterocycles. The minimum Gasteiger partial charge on any atom is -0.477 e. The standard InChI is InChI=1S/C16H7F2I5O4/c17-16(18,15(25)26)13(6-4-2-1-3-5-6)27-14(24)7-8(19)10(21)12(23)11(22)9(7)20/h1-5,13H,(H,25,26). The van der Waals surface area contributed by atoms with Gasteiger partial charge in [0.1, 0.15) is 0 Å². The van der Waals surface area contributed by atoms with E-state index in [1.54, 1.807) is 6.07 Å². The third kappa shape index (κ3) is 5.15. The second-order valence-corrected chi connectivity index (χ2v) is 10.5. The third-order valence-electron chi connectivity index (χ3n) is 3.36. The molecule has 2 aromatic carbocycles. The maximum Gasteiger partial charge on any atom is 0.382 e. The highest BCUT2D eigenvalue weighted by Crippen LogP contribution is 2.38. The van der Waals surface area contributed by atoms with E-state index in [2.05, 4.69) is 67.8 Å². The summed E-state index contributed by atoms with van der Waals surface area (Å²) in [7, 11) is 0. The molecule has 0 aliphatic carbocycles. The minimum atomic E-state index is -4.28. The largest absolute Gasteiger partial charge is 0.477 e. The van der Waals surface area contributed by atoms with Crippen LogP contribution in [0, 0.1) is 17.9 Å². The Morgan fingerprint density at radius 1 is 0.889 bits per heavy atom. The zero-order valence-corrected chi connectivity index (χ0v) is 23.6. The number of hydrogen-bond acceptors (Lipinski definition) is 3. The molecule has 0 saturated carbocycles. The molecule has 11 heteroatoms. The fourth-order valence-corrected chi connectivity index (χ4v) is 7.24. The molecule has 0 spiro atoms. The third-order valence-corrected chi connectivity index (χ3v) is 12.9. The van der Waals surface area contributed by atoms with Crippen LogP contribution < -0.4 is 0 Å². The number of rotatable bonds is 5. The van der Waals surface area contributed by atoms with Crippen LogP contribution in [0.3, 0.4) is 0 Å². The molecule has 0 aliphatic heterocycles. The molecular weight excluding hydrogens is 929 g/mol. The van der Waals surface area contributed by atoms with E-state index in [1.807, 2.05) is 45.2 Å². The summed E-state index contributed by atoms with van der Waals surface area (Å²) in [6.07, 6.45) is -2.25. The van der Waals surface area contributed by atoms with E-state index in [0.717, 1.165) is 10.7 Å². The molecule has 1 N–H and O–H groups in total. The highest BCUT2D eigenvalue weighted by Gasteiger charge is 2.51. The molecule has 0 amide bonds. The Hall–Kier alpha value is 0.890. The van der Waals surface area contributed by atoms with E-state index in [0.29, 0.717) is 7.14 Å². The second kappa shape index (κ2) is 9.80. The Morgan fingerprint density at radius 2 is 1.33 bits per heavy atom. The van der Waals surface area contributed by atoms with Crippen molar-refractivity contribution >= 4 is 125 Å². The van der Waals surface area contributed by atoms with Crippen LogP contribution in [0.5, 0.6) is 0 Å². The fraction of sp³-hybridized carbons (Fsp3) is 0.125. The summed E-state index contributed by atoms with van der Waals surface area (Å²) < 4.78 is 37.4. The zero-order chi connectivity index (χ0) is 20.5. The fourth-order valence-electron chi connectivity index (χ4n) is 2.04. The van der Waals surface area contributed by atoms with Gasteiger partial charge in [0.2, 0.25) is 6.10 Å². The molecule has 0 radical (unpaired) electrons. The highest BCUT2D eigenvalue weighted by atomic mass is 127. The van der Waals surface area contributed by atoms with E-state index in [9.17, 15) is 18.4 Å². The van der Waals surface area contributed by atoms with Crippen LogP contribution in [-0.2, 0) is 9.53 Å². The van der Waals surface area contributed by atoms with Crippen LogP contribution >= 0.6 is 113 Å². The first-order valence-corrected chi connectivity index (χ1v) is 12.3. The molecule has 0 aromatic heterocycles. The van der Waals surface area contributed by atoms with Crippen molar-refractivity contribution in [3.8, 4) is 0 Å². The molecule has 2 rings (SSSR count). The topological polar surface area (TPSA) is 63.6 Å². The number of halogens is 7. The van der Waals surface area contributed by atoms with Crippen molar-refractivity contribution in [3.05, 3.63) is 59.3 Å². The van der Waals surface area contributed by atoms with Gasteiger partial charge in [0.25, 0.3) is 0 Å². The summed E-state index contributed by atoms with van der Waals surface area (Å²) in [5, 5.41) is 8.94. The lowest BCUT2D eigenvalue weighted by atomic mass is 10.0. The molecular formula is C16H7F2I5O4. The summed E-state index contributed by atoms with van der Waals surface area (Å²) in [6.45, 7) is 0. The number of alkyl halides is 2. The van der Waals surface area contributed by atoms with Gasteiger partial charge in [-0.3, -0.25) is 0 Å². The SMILES string of the molecule is O=C(OC(c1ccccc1)C(F)(F)C(=O)O)c1c(I)c(I)c(I)c(I)c1I. The van der Waals surface area contributed by atoms with E-state index < -0.39 is 24.0 Å². The normalized spacial score (nSPS) is 12.6. The van der Waals surface area contributed by atoms with Crippen LogP contribution in [0.2, 0.25) is 0 Å². The van der Waals surface area contributed by atoms with Crippen molar-refractivity contribution in [3.63, 3.8) is 0 Å². The first-order valence-electron chi connectivity index (χ1n) is 6.88. The highest BCUT2D eigenvalue weighted by molar-refractivity contribution is 14.1. The lowest BCUT2D eigenvalue weighted by Crippen LogP contribution is -2.38. The second-order valence-electron chi connectivity index (χ2n) is 5.07. The molecule has 27 heavy (non-hydrogen) atoms. The maximum atomic E-state index is 14.3. The van der Waals surface area contributed by atoms with Crippen molar-refractivity contribution in [1.29, 1.82) is 0 Å². The summed E-state index contributed by atoms with van der Waals surface area (Å²) in [4.78, 5) is 23.9. The number of esters is 1. The Balaban J connectivity index is 2.54. The summed E-state index contributed by atoms with van der Waals surface area (Å²) >= 11 is 10.2. The van der Waals surface area contributed by atoms with Gasteiger partial charge in [-0.05, 0) is 119 Å². The van der Waals surface area contributed by atoms with Gasteiger partial charge in [-0.2, -0.15) is 8.78 Å². The molecule has 0 fully saturated rings. The first kappa shape index (κ1) is 24.2. The smallest absolute Gasteiger partial charge is 0.382 e. The molecule has 2 aromatic rings. The molecule has 4 nitrogen and oxygen atoms in total. The van der Waals surface area contributed by atoms with Crippen molar-refractivity contribution in [2.24, 2.45) is 0 Å². The van der Waals surface area contributed by atoms with Gasteiger partial charge in [0, 0.05) is 17.9 Å². The molecule has 144 valence electrons. The summed E-state index contributed by atoms with van der Waals surface area (Å²) in [5.74, 6) is -7.64. The van der Waals surface area contributed by atoms with Gasteiger partial charge in [-0.15, -0.1) is 0 Å². The van der Waals surface area contributed by atoms with Gasteiger partial charge in [0.15, 0.2) is 0 Å².